The second-order valence-electron chi connectivity index (χ2n) is 7.09. The van der Waals surface area contributed by atoms with E-state index in [1.54, 1.807) is 6.07 Å². The minimum absolute atomic E-state index is 0.0284. The molecule has 24 heavy (non-hydrogen) atoms. The summed E-state index contributed by atoms with van der Waals surface area (Å²) >= 11 is 0. The number of nitrogens with one attached hydrogen (secondary N) is 2. The molecule has 132 valence electrons. The van der Waals surface area contributed by atoms with Crippen molar-refractivity contribution in [1.29, 1.82) is 0 Å². The van der Waals surface area contributed by atoms with Gasteiger partial charge in [-0.2, -0.15) is 0 Å². The third kappa shape index (κ3) is 3.82. The number of ether oxygens (including phenoxy) is 1. The Balaban J connectivity index is 1.64. The van der Waals surface area contributed by atoms with Crippen LogP contribution < -0.4 is 15.4 Å². The number of guanidine groups is 1. The Kier molecular flexibility index (Phi) is 4.97. The van der Waals surface area contributed by atoms with Crippen LogP contribution in [0.2, 0.25) is 0 Å². The Bertz CT molecular complexity index is 609. The lowest BCUT2D eigenvalue weighted by molar-refractivity contribution is 0.386. The normalized spacial score (nSPS) is 20.4. The van der Waals surface area contributed by atoms with Gasteiger partial charge in [-0.1, -0.05) is 6.07 Å². The minimum atomic E-state index is -0.337. The first-order valence-corrected chi connectivity index (χ1v) is 8.96. The number of nitrogens with zero attached hydrogens (tertiary/aromatic N) is 1. The van der Waals surface area contributed by atoms with Gasteiger partial charge in [0.05, 0.1) is 13.2 Å². The van der Waals surface area contributed by atoms with Crippen LogP contribution in [0.15, 0.2) is 23.2 Å². The summed E-state index contributed by atoms with van der Waals surface area (Å²) in [6.45, 7) is 5.78. The Labute approximate surface area is 143 Å². The topological polar surface area (TPSA) is 45.7 Å². The van der Waals surface area contributed by atoms with Crippen molar-refractivity contribution < 1.29 is 9.13 Å². The average Bonchev–Trinajstić information content (AvgIpc) is 3.46. The highest BCUT2D eigenvalue weighted by Gasteiger charge is 2.53. The van der Waals surface area contributed by atoms with Gasteiger partial charge in [0.1, 0.15) is 0 Å². The van der Waals surface area contributed by atoms with Crippen LogP contribution in [0.25, 0.3) is 0 Å². The molecule has 0 saturated heterocycles. The monoisotopic (exact) mass is 333 g/mol. The highest BCUT2D eigenvalue weighted by atomic mass is 19.1. The van der Waals surface area contributed by atoms with Crippen LogP contribution in [-0.4, -0.2) is 26.2 Å². The van der Waals surface area contributed by atoms with Gasteiger partial charge in [-0.15, -0.1) is 0 Å². The highest BCUT2D eigenvalue weighted by molar-refractivity contribution is 5.80. The predicted molar refractivity (Wildman–Crippen MR) is 94.9 cm³/mol. The van der Waals surface area contributed by atoms with Crippen LogP contribution in [0, 0.1) is 17.2 Å². The molecule has 0 aromatic heterocycles. The molecular formula is C19H28FN3O. The molecule has 0 heterocycles. The number of hydrogen-bond acceptors (Lipinski definition) is 2. The van der Waals surface area contributed by atoms with Crippen molar-refractivity contribution in [1.82, 2.24) is 10.6 Å². The van der Waals surface area contributed by atoms with Gasteiger partial charge < -0.3 is 15.4 Å². The standard InChI is InChI=1S/C19H28FN3O/c1-4-21-18(22-12-19(9-10-19)15-6-7-15)23-13(2)14-5-8-17(24-3)16(20)11-14/h5,8,11,13,15H,4,6-7,9-10,12H2,1-3H3,(H2,21,22,23). The van der Waals surface area contributed by atoms with Crippen molar-refractivity contribution in [2.24, 2.45) is 16.3 Å². The Morgan fingerprint density at radius 1 is 1.42 bits per heavy atom. The molecule has 2 aliphatic carbocycles. The van der Waals surface area contributed by atoms with Crippen molar-refractivity contribution in [2.45, 2.75) is 45.6 Å². The molecular weight excluding hydrogens is 305 g/mol. The molecule has 1 unspecified atom stereocenters. The van der Waals surface area contributed by atoms with Crippen LogP contribution in [0.4, 0.5) is 4.39 Å². The van der Waals surface area contributed by atoms with Crippen LogP contribution >= 0.6 is 0 Å². The van der Waals surface area contributed by atoms with Gasteiger partial charge >= 0.3 is 0 Å². The fraction of sp³-hybridized carbons (Fsp3) is 0.632. The Hall–Kier alpha value is -1.78. The summed E-state index contributed by atoms with van der Waals surface area (Å²) in [5.74, 6) is 1.65. The fourth-order valence-corrected chi connectivity index (χ4v) is 3.35. The maximum Gasteiger partial charge on any atom is 0.191 e. The van der Waals surface area contributed by atoms with E-state index in [4.69, 9.17) is 9.73 Å². The van der Waals surface area contributed by atoms with E-state index in [9.17, 15) is 4.39 Å². The molecule has 1 atom stereocenters. The number of benzene rings is 1. The molecule has 3 rings (SSSR count). The lowest BCUT2D eigenvalue weighted by Crippen LogP contribution is -2.39. The quantitative estimate of drug-likeness (QED) is 0.591. The molecule has 0 radical (unpaired) electrons. The summed E-state index contributed by atoms with van der Waals surface area (Å²) in [7, 11) is 1.48. The van der Waals surface area contributed by atoms with E-state index in [1.807, 2.05) is 13.0 Å². The number of methoxy groups -OCH3 is 1. The van der Waals surface area contributed by atoms with Crippen molar-refractivity contribution in [2.75, 3.05) is 20.2 Å². The first kappa shape index (κ1) is 17.1. The third-order valence-corrected chi connectivity index (χ3v) is 5.26. The van der Waals surface area contributed by atoms with E-state index in [2.05, 4.69) is 17.6 Å². The summed E-state index contributed by atoms with van der Waals surface area (Å²) in [6.07, 6.45) is 5.39. The van der Waals surface area contributed by atoms with E-state index < -0.39 is 0 Å². The minimum Gasteiger partial charge on any atom is -0.494 e. The maximum atomic E-state index is 13.9. The molecule has 2 saturated carbocycles. The van der Waals surface area contributed by atoms with Crippen molar-refractivity contribution in [3.8, 4) is 5.75 Å². The van der Waals surface area contributed by atoms with Gasteiger partial charge in [-0.25, -0.2) is 4.39 Å². The van der Waals surface area contributed by atoms with Gasteiger partial charge in [0.2, 0.25) is 0 Å². The van der Waals surface area contributed by atoms with E-state index >= 15 is 0 Å². The molecule has 2 aliphatic rings. The maximum absolute atomic E-state index is 13.9. The highest BCUT2D eigenvalue weighted by Crippen LogP contribution is 2.61. The lowest BCUT2D eigenvalue weighted by atomic mass is 10.0. The molecule has 2 N–H and O–H groups in total. The number of halogens is 1. The van der Waals surface area contributed by atoms with Crippen LogP contribution in [0.1, 0.15) is 51.1 Å². The SMILES string of the molecule is CCNC(=NCC1(C2CC2)CC1)NC(C)c1ccc(OC)c(F)c1. The smallest absolute Gasteiger partial charge is 0.191 e. The first-order chi connectivity index (χ1) is 11.6. The van der Waals surface area contributed by atoms with E-state index in [0.717, 1.165) is 30.5 Å². The van der Waals surface area contributed by atoms with Crippen LogP contribution in [-0.2, 0) is 0 Å². The molecule has 0 spiro atoms. The van der Waals surface area contributed by atoms with Crippen molar-refractivity contribution >= 4 is 5.96 Å². The first-order valence-electron chi connectivity index (χ1n) is 8.96. The average molecular weight is 333 g/mol. The largest absolute Gasteiger partial charge is 0.494 e. The Morgan fingerprint density at radius 2 is 2.17 bits per heavy atom. The van der Waals surface area contributed by atoms with Crippen molar-refractivity contribution in [3.63, 3.8) is 0 Å². The van der Waals surface area contributed by atoms with Crippen LogP contribution in [0.3, 0.4) is 0 Å². The second kappa shape index (κ2) is 6.99. The molecule has 0 bridgehead atoms. The summed E-state index contributed by atoms with van der Waals surface area (Å²) in [4.78, 5) is 4.81. The van der Waals surface area contributed by atoms with E-state index in [0.29, 0.717) is 5.41 Å². The zero-order chi connectivity index (χ0) is 17.2. The van der Waals surface area contributed by atoms with Crippen molar-refractivity contribution in [3.05, 3.63) is 29.6 Å². The molecule has 0 amide bonds. The fourth-order valence-electron chi connectivity index (χ4n) is 3.35. The lowest BCUT2D eigenvalue weighted by Gasteiger charge is -2.20. The van der Waals surface area contributed by atoms with Crippen LogP contribution in [0.5, 0.6) is 5.75 Å². The second-order valence-corrected chi connectivity index (χ2v) is 7.09. The number of hydrogen-bond donors (Lipinski definition) is 2. The van der Waals surface area contributed by atoms with Gasteiger partial charge in [-0.05, 0) is 68.6 Å². The predicted octanol–water partition coefficient (Wildman–Crippen LogP) is 3.64. The Morgan fingerprint density at radius 3 is 2.71 bits per heavy atom. The molecule has 1 aromatic carbocycles. The molecule has 1 aromatic rings. The zero-order valence-corrected chi connectivity index (χ0v) is 14.9. The van der Waals surface area contributed by atoms with Gasteiger partial charge in [0.15, 0.2) is 17.5 Å². The summed E-state index contributed by atoms with van der Waals surface area (Å²) in [6, 6.07) is 5.04. The van der Waals surface area contributed by atoms with E-state index in [-0.39, 0.29) is 17.6 Å². The third-order valence-electron chi connectivity index (χ3n) is 5.26. The zero-order valence-electron chi connectivity index (χ0n) is 14.9. The molecule has 5 heteroatoms. The number of aliphatic imine (C=N–C) groups is 1. The van der Waals surface area contributed by atoms with E-state index in [1.165, 1.54) is 38.9 Å². The van der Waals surface area contributed by atoms with Gasteiger partial charge in [0, 0.05) is 13.1 Å². The molecule has 2 fully saturated rings. The van der Waals surface area contributed by atoms with Gasteiger partial charge in [-0.3, -0.25) is 4.99 Å². The summed E-state index contributed by atoms with van der Waals surface area (Å²) in [5.41, 5.74) is 1.36. The molecule has 0 aliphatic heterocycles. The summed E-state index contributed by atoms with van der Waals surface area (Å²) in [5, 5.41) is 6.69. The van der Waals surface area contributed by atoms with Gasteiger partial charge in [0.25, 0.3) is 0 Å². The summed E-state index contributed by atoms with van der Waals surface area (Å²) < 4.78 is 18.9. The number of rotatable bonds is 7. The molecule has 4 nitrogen and oxygen atoms in total.